The van der Waals surface area contributed by atoms with Gasteiger partial charge in [0, 0.05) is 22.2 Å². The molecule has 178 valence electrons. The summed E-state index contributed by atoms with van der Waals surface area (Å²) in [6.45, 7) is 0.152. The summed E-state index contributed by atoms with van der Waals surface area (Å²) in [6.07, 6.45) is 1.38. The molecule has 9 heteroatoms. The summed E-state index contributed by atoms with van der Waals surface area (Å²) in [4.78, 5) is 39.2. The van der Waals surface area contributed by atoms with Gasteiger partial charge in [0.1, 0.15) is 29.4 Å². The van der Waals surface area contributed by atoms with Gasteiger partial charge in [-0.2, -0.15) is 0 Å². The first-order valence-corrected chi connectivity index (χ1v) is 10.9. The van der Waals surface area contributed by atoms with Crippen molar-refractivity contribution in [2.45, 2.75) is 6.61 Å². The molecule has 3 aromatic rings. The van der Waals surface area contributed by atoms with Gasteiger partial charge in [0.25, 0.3) is 11.8 Å². The molecule has 1 fully saturated rings. The Kier molecular flexibility index (Phi) is 7.03. The number of ether oxygens (including phenoxy) is 3. The van der Waals surface area contributed by atoms with Gasteiger partial charge in [-0.15, -0.1) is 0 Å². The number of halogens is 1. The maximum Gasteiger partial charge on any atom is 0.335 e. The van der Waals surface area contributed by atoms with E-state index in [0.29, 0.717) is 27.8 Å². The predicted molar refractivity (Wildman–Crippen MR) is 131 cm³/mol. The molecular formula is C26H21ClN2O6. The Morgan fingerprint density at radius 2 is 1.60 bits per heavy atom. The lowest BCUT2D eigenvalue weighted by molar-refractivity contribution is -0.122. The summed E-state index contributed by atoms with van der Waals surface area (Å²) in [5.74, 6) is -0.126. The number of barbiturate groups is 1. The predicted octanol–water partition coefficient (Wildman–Crippen LogP) is 4.60. The molecule has 8 nitrogen and oxygen atoms in total. The van der Waals surface area contributed by atoms with Crippen LogP contribution >= 0.6 is 11.6 Å². The van der Waals surface area contributed by atoms with Crippen LogP contribution in [0.25, 0.3) is 6.08 Å². The number of benzene rings is 3. The zero-order chi connectivity index (χ0) is 24.9. The van der Waals surface area contributed by atoms with E-state index in [1.54, 1.807) is 48.5 Å². The summed E-state index contributed by atoms with van der Waals surface area (Å²) in [5.41, 5.74) is 1.27. The summed E-state index contributed by atoms with van der Waals surface area (Å²) >= 11 is 6.23. The number of carbonyl (C=O) groups is 3. The van der Waals surface area contributed by atoms with Crippen LogP contribution in [0.4, 0.5) is 10.5 Å². The molecule has 1 saturated heterocycles. The van der Waals surface area contributed by atoms with Crippen molar-refractivity contribution >= 4 is 41.2 Å². The fourth-order valence-corrected chi connectivity index (χ4v) is 3.63. The highest BCUT2D eigenvalue weighted by molar-refractivity contribution is 6.39. The van der Waals surface area contributed by atoms with Crippen molar-refractivity contribution in [3.05, 3.63) is 88.5 Å². The molecule has 0 unspecified atom stereocenters. The maximum absolute atomic E-state index is 13.2. The normalized spacial score (nSPS) is 14.7. The topological polar surface area (TPSA) is 94.2 Å². The van der Waals surface area contributed by atoms with Crippen LogP contribution < -0.4 is 24.4 Å². The molecule has 4 rings (SSSR count). The Morgan fingerprint density at radius 1 is 0.914 bits per heavy atom. The fourth-order valence-electron chi connectivity index (χ4n) is 3.44. The number of nitrogens with zero attached hydrogens (tertiary/aromatic N) is 1. The molecule has 0 atom stereocenters. The Balaban J connectivity index is 1.68. The van der Waals surface area contributed by atoms with Crippen LogP contribution in [0, 0.1) is 0 Å². The average Bonchev–Trinajstić information content (AvgIpc) is 2.86. The van der Waals surface area contributed by atoms with Gasteiger partial charge < -0.3 is 14.2 Å². The molecule has 1 heterocycles. The van der Waals surface area contributed by atoms with Crippen molar-refractivity contribution in [2.24, 2.45) is 0 Å². The molecule has 1 aliphatic heterocycles. The van der Waals surface area contributed by atoms with Gasteiger partial charge in [-0.05, 0) is 48.5 Å². The summed E-state index contributed by atoms with van der Waals surface area (Å²) in [7, 11) is 3.02. The first-order valence-electron chi connectivity index (χ1n) is 10.5. The largest absolute Gasteiger partial charge is 0.497 e. The first-order chi connectivity index (χ1) is 16.9. The molecule has 1 aliphatic rings. The minimum atomic E-state index is -0.841. The van der Waals surface area contributed by atoms with Crippen molar-refractivity contribution in [3.8, 4) is 17.2 Å². The smallest absolute Gasteiger partial charge is 0.335 e. The minimum absolute atomic E-state index is 0.152. The van der Waals surface area contributed by atoms with Gasteiger partial charge in [-0.25, -0.2) is 9.69 Å². The van der Waals surface area contributed by atoms with Crippen molar-refractivity contribution in [2.75, 3.05) is 19.1 Å². The Morgan fingerprint density at radius 3 is 2.29 bits per heavy atom. The van der Waals surface area contributed by atoms with E-state index in [1.165, 1.54) is 20.3 Å². The average molecular weight is 493 g/mol. The molecule has 0 aromatic heterocycles. The second-order valence-electron chi connectivity index (χ2n) is 7.44. The molecule has 0 radical (unpaired) electrons. The van der Waals surface area contributed by atoms with Gasteiger partial charge in [0.15, 0.2) is 0 Å². The van der Waals surface area contributed by atoms with Crippen LogP contribution in [0.2, 0.25) is 5.02 Å². The van der Waals surface area contributed by atoms with Crippen molar-refractivity contribution < 1.29 is 28.6 Å². The fraction of sp³-hybridized carbons (Fsp3) is 0.115. The van der Waals surface area contributed by atoms with Crippen LogP contribution in [-0.2, 0) is 16.2 Å². The number of imide groups is 2. The molecule has 3 aromatic carbocycles. The second-order valence-corrected chi connectivity index (χ2v) is 7.85. The van der Waals surface area contributed by atoms with Gasteiger partial charge in [-0.3, -0.25) is 14.9 Å². The van der Waals surface area contributed by atoms with E-state index in [2.05, 4.69) is 5.32 Å². The molecule has 1 N–H and O–H groups in total. The standard InChI is InChI=1S/C26H21ClN2O6/c1-33-19-11-8-18(9-12-19)29-25(31)21(24(30)28-26(29)32)13-16-7-10-20(34-2)14-23(16)35-15-17-5-3-4-6-22(17)27/h3-14H,15H2,1-2H3,(H,28,30,32)/b21-13+. The van der Waals surface area contributed by atoms with Crippen LogP contribution in [-0.4, -0.2) is 32.1 Å². The van der Waals surface area contributed by atoms with Crippen molar-refractivity contribution in [1.82, 2.24) is 5.32 Å². The number of urea groups is 1. The van der Waals surface area contributed by atoms with E-state index in [-0.39, 0.29) is 17.9 Å². The molecule has 0 bridgehead atoms. The Labute approximate surface area is 206 Å². The molecule has 0 saturated carbocycles. The van der Waals surface area contributed by atoms with Gasteiger partial charge in [-0.1, -0.05) is 29.8 Å². The number of rotatable bonds is 7. The summed E-state index contributed by atoms with van der Waals surface area (Å²) in [5, 5.41) is 2.76. The maximum atomic E-state index is 13.2. The lowest BCUT2D eigenvalue weighted by Crippen LogP contribution is -2.54. The lowest BCUT2D eigenvalue weighted by Gasteiger charge is -2.26. The Hall–Kier alpha value is -4.30. The van der Waals surface area contributed by atoms with E-state index in [9.17, 15) is 14.4 Å². The van der Waals surface area contributed by atoms with Crippen LogP contribution in [0.1, 0.15) is 11.1 Å². The van der Waals surface area contributed by atoms with Gasteiger partial charge in [0.05, 0.1) is 19.9 Å². The van der Waals surface area contributed by atoms with Gasteiger partial charge >= 0.3 is 6.03 Å². The van der Waals surface area contributed by atoms with Crippen molar-refractivity contribution in [3.63, 3.8) is 0 Å². The number of hydrogen-bond donors (Lipinski definition) is 1. The third-order valence-corrected chi connectivity index (χ3v) is 5.66. The second kappa shape index (κ2) is 10.3. The van der Waals surface area contributed by atoms with E-state index in [1.807, 2.05) is 18.2 Å². The zero-order valence-corrected chi connectivity index (χ0v) is 19.7. The first kappa shape index (κ1) is 23.8. The van der Waals surface area contributed by atoms with E-state index < -0.39 is 17.8 Å². The third kappa shape index (κ3) is 5.12. The lowest BCUT2D eigenvalue weighted by atomic mass is 10.1. The highest BCUT2D eigenvalue weighted by Gasteiger charge is 2.37. The third-order valence-electron chi connectivity index (χ3n) is 5.29. The number of nitrogens with one attached hydrogen (secondary N) is 1. The molecule has 35 heavy (non-hydrogen) atoms. The molecule has 0 spiro atoms. The highest BCUT2D eigenvalue weighted by atomic mass is 35.5. The number of methoxy groups -OCH3 is 2. The zero-order valence-electron chi connectivity index (χ0n) is 18.9. The van der Waals surface area contributed by atoms with Crippen LogP contribution in [0.15, 0.2) is 72.3 Å². The highest BCUT2D eigenvalue weighted by Crippen LogP contribution is 2.30. The minimum Gasteiger partial charge on any atom is -0.497 e. The van der Waals surface area contributed by atoms with Gasteiger partial charge in [0.2, 0.25) is 0 Å². The monoisotopic (exact) mass is 492 g/mol. The van der Waals surface area contributed by atoms with E-state index >= 15 is 0 Å². The quantitative estimate of drug-likeness (QED) is 0.382. The summed E-state index contributed by atoms with van der Waals surface area (Å²) < 4.78 is 16.4. The number of anilines is 1. The van der Waals surface area contributed by atoms with E-state index in [4.69, 9.17) is 25.8 Å². The Bertz CT molecular complexity index is 1320. The molecule has 4 amide bonds. The van der Waals surface area contributed by atoms with E-state index in [0.717, 1.165) is 10.5 Å². The molecular weight excluding hydrogens is 472 g/mol. The summed E-state index contributed by atoms with van der Waals surface area (Å²) in [6, 6.07) is 17.7. The van der Waals surface area contributed by atoms with Crippen LogP contribution in [0.3, 0.4) is 0 Å². The van der Waals surface area contributed by atoms with Crippen molar-refractivity contribution in [1.29, 1.82) is 0 Å². The molecule has 0 aliphatic carbocycles. The number of amides is 4. The number of hydrogen-bond acceptors (Lipinski definition) is 6. The van der Waals surface area contributed by atoms with Crippen LogP contribution in [0.5, 0.6) is 17.2 Å². The number of carbonyl (C=O) groups excluding carboxylic acids is 3. The SMILES string of the molecule is COc1ccc(N2C(=O)NC(=O)/C(=C\c3ccc(OC)cc3OCc3ccccc3Cl)C2=O)cc1.